The molecule has 0 spiro atoms. The number of likely N-dealkylation sites (N-methyl/N-ethyl adjacent to an activating group) is 1. The Hall–Kier alpha value is -0.460. The maximum atomic E-state index is 8.62. The molecule has 0 saturated heterocycles. The number of aliphatic hydroxyl groups excluding tert-OH is 1. The van der Waals surface area contributed by atoms with Gasteiger partial charge >= 0.3 is 0 Å². The van der Waals surface area contributed by atoms with Gasteiger partial charge in [0.2, 0.25) is 0 Å². The third-order valence-electron chi connectivity index (χ3n) is 1.38. The van der Waals surface area contributed by atoms with E-state index in [9.17, 15) is 0 Å². The van der Waals surface area contributed by atoms with E-state index in [1.807, 2.05) is 11.9 Å². The summed E-state index contributed by atoms with van der Waals surface area (Å²) in [5.74, 6) is 0. The van der Waals surface area contributed by atoms with E-state index in [0.717, 1.165) is 4.60 Å². The number of hydrogen-bond acceptors (Lipinski definition) is 4. The van der Waals surface area contributed by atoms with Crippen molar-refractivity contribution in [1.82, 2.24) is 19.9 Å². The molecule has 5 nitrogen and oxygen atoms in total. The largest absolute Gasteiger partial charge is 0.395 e. The molecule has 0 unspecified atom stereocenters. The lowest BCUT2D eigenvalue weighted by Crippen LogP contribution is -2.25. The van der Waals surface area contributed by atoms with Crippen LogP contribution in [0.15, 0.2) is 10.8 Å². The number of rotatable bonds is 4. The van der Waals surface area contributed by atoms with Gasteiger partial charge in [0.25, 0.3) is 0 Å². The van der Waals surface area contributed by atoms with Gasteiger partial charge in [0.15, 0.2) is 0 Å². The lowest BCUT2D eigenvalue weighted by molar-refractivity contribution is 0.186. The average Bonchev–Trinajstić information content (AvgIpc) is 2.36. The predicted octanol–water partition coefficient (Wildman–Crippen LogP) is -0.0778. The van der Waals surface area contributed by atoms with Gasteiger partial charge in [-0.1, -0.05) is 5.21 Å². The summed E-state index contributed by atoms with van der Waals surface area (Å²) < 4.78 is 2.42. The molecule has 0 saturated carbocycles. The first-order valence-corrected chi connectivity index (χ1v) is 4.36. The Morgan fingerprint density at radius 3 is 3.00 bits per heavy atom. The Bertz CT molecular complexity index is 239. The van der Waals surface area contributed by atoms with Gasteiger partial charge in [-0.3, -0.25) is 4.90 Å². The van der Waals surface area contributed by atoms with E-state index < -0.39 is 0 Å². The highest BCUT2D eigenvalue weighted by Gasteiger charge is 2.00. The van der Waals surface area contributed by atoms with Crippen molar-refractivity contribution >= 4 is 15.9 Å². The van der Waals surface area contributed by atoms with E-state index in [2.05, 4.69) is 26.2 Å². The van der Waals surface area contributed by atoms with Crippen LogP contribution >= 0.6 is 15.9 Å². The highest BCUT2D eigenvalue weighted by molar-refractivity contribution is 9.10. The topological polar surface area (TPSA) is 54.2 Å². The van der Waals surface area contributed by atoms with Crippen LogP contribution in [0.25, 0.3) is 0 Å². The van der Waals surface area contributed by atoms with Crippen molar-refractivity contribution in [2.75, 3.05) is 20.2 Å². The van der Waals surface area contributed by atoms with Gasteiger partial charge in [0, 0.05) is 6.54 Å². The SMILES string of the molecule is CN(CCO)Cn1cc(Br)nn1. The molecule has 0 fully saturated rings. The lowest BCUT2D eigenvalue weighted by Gasteiger charge is -2.13. The summed E-state index contributed by atoms with van der Waals surface area (Å²) >= 11 is 3.20. The molecule has 0 radical (unpaired) electrons. The van der Waals surface area contributed by atoms with E-state index in [1.165, 1.54) is 0 Å². The molecule has 1 aromatic heterocycles. The number of hydrogen-bond donors (Lipinski definition) is 1. The molecule has 0 aromatic carbocycles. The Morgan fingerprint density at radius 1 is 1.75 bits per heavy atom. The fourth-order valence-electron chi connectivity index (χ4n) is 0.833. The summed E-state index contributed by atoms with van der Waals surface area (Å²) in [5, 5.41) is 16.2. The molecule has 0 atom stereocenters. The summed E-state index contributed by atoms with van der Waals surface area (Å²) in [6, 6.07) is 0. The van der Waals surface area contributed by atoms with Crippen LogP contribution in [0.3, 0.4) is 0 Å². The second kappa shape index (κ2) is 4.54. The standard InChI is InChI=1S/C6H11BrN4O/c1-10(2-3-12)5-11-4-6(7)8-9-11/h4,12H,2-3,5H2,1H3. The quantitative estimate of drug-likeness (QED) is 0.793. The van der Waals surface area contributed by atoms with Crippen LogP contribution in [-0.4, -0.2) is 45.2 Å². The van der Waals surface area contributed by atoms with Crippen LogP contribution in [0, 0.1) is 0 Å². The molecule has 0 aliphatic carbocycles. The van der Waals surface area contributed by atoms with E-state index >= 15 is 0 Å². The lowest BCUT2D eigenvalue weighted by atomic mass is 10.6. The fourth-order valence-corrected chi connectivity index (χ4v) is 1.14. The molecule has 6 heteroatoms. The molecule has 0 aliphatic heterocycles. The molecule has 68 valence electrons. The van der Waals surface area contributed by atoms with Crippen molar-refractivity contribution in [2.24, 2.45) is 0 Å². The maximum absolute atomic E-state index is 8.62. The molecule has 0 aliphatic rings. The van der Waals surface area contributed by atoms with Gasteiger partial charge in [-0.15, -0.1) is 5.10 Å². The van der Waals surface area contributed by atoms with Crippen LogP contribution in [0.5, 0.6) is 0 Å². The zero-order valence-corrected chi connectivity index (χ0v) is 8.40. The van der Waals surface area contributed by atoms with Gasteiger partial charge in [0.1, 0.15) is 4.60 Å². The van der Waals surface area contributed by atoms with Crippen molar-refractivity contribution in [3.63, 3.8) is 0 Å². The van der Waals surface area contributed by atoms with Crippen LogP contribution in [-0.2, 0) is 6.67 Å². The summed E-state index contributed by atoms with van der Waals surface area (Å²) in [6.07, 6.45) is 1.79. The zero-order valence-electron chi connectivity index (χ0n) is 6.81. The minimum Gasteiger partial charge on any atom is -0.395 e. The Kier molecular flexibility index (Phi) is 3.64. The van der Waals surface area contributed by atoms with E-state index in [0.29, 0.717) is 13.2 Å². The minimum atomic E-state index is 0.159. The van der Waals surface area contributed by atoms with Crippen LogP contribution in [0.4, 0.5) is 0 Å². The Labute approximate surface area is 79.1 Å². The maximum Gasteiger partial charge on any atom is 0.148 e. The first kappa shape index (κ1) is 9.63. The van der Waals surface area contributed by atoms with Crippen molar-refractivity contribution < 1.29 is 5.11 Å². The average molecular weight is 235 g/mol. The van der Waals surface area contributed by atoms with Gasteiger partial charge in [0.05, 0.1) is 19.5 Å². The highest BCUT2D eigenvalue weighted by Crippen LogP contribution is 2.01. The molecule has 0 bridgehead atoms. The van der Waals surface area contributed by atoms with Gasteiger partial charge in [-0.2, -0.15) is 0 Å². The molecule has 1 rings (SSSR count). The molecule has 1 heterocycles. The Balaban J connectivity index is 2.41. The van der Waals surface area contributed by atoms with Crippen LogP contribution < -0.4 is 0 Å². The van der Waals surface area contributed by atoms with E-state index in [-0.39, 0.29) is 6.61 Å². The van der Waals surface area contributed by atoms with E-state index in [1.54, 1.807) is 10.9 Å². The molecule has 1 aromatic rings. The number of nitrogens with zero attached hydrogens (tertiary/aromatic N) is 4. The summed E-state index contributed by atoms with van der Waals surface area (Å²) in [4.78, 5) is 1.95. The first-order valence-electron chi connectivity index (χ1n) is 3.57. The molecule has 1 N–H and O–H groups in total. The molecule has 12 heavy (non-hydrogen) atoms. The fraction of sp³-hybridized carbons (Fsp3) is 0.667. The number of aromatic nitrogens is 3. The van der Waals surface area contributed by atoms with Gasteiger partial charge in [-0.25, -0.2) is 4.68 Å². The first-order chi connectivity index (χ1) is 5.72. The molecular weight excluding hydrogens is 224 g/mol. The van der Waals surface area contributed by atoms with Gasteiger partial charge < -0.3 is 5.11 Å². The van der Waals surface area contributed by atoms with Crippen molar-refractivity contribution in [2.45, 2.75) is 6.67 Å². The third-order valence-corrected chi connectivity index (χ3v) is 1.74. The second-order valence-corrected chi connectivity index (χ2v) is 3.34. The highest BCUT2D eigenvalue weighted by atomic mass is 79.9. The molecular formula is C6H11BrN4O. The van der Waals surface area contributed by atoms with Crippen molar-refractivity contribution in [3.8, 4) is 0 Å². The summed E-state index contributed by atoms with van der Waals surface area (Å²) in [7, 11) is 1.91. The normalized spacial score (nSPS) is 11.0. The van der Waals surface area contributed by atoms with Gasteiger partial charge in [-0.05, 0) is 23.0 Å². The van der Waals surface area contributed by atoms with Crippen molar-refractivity contribution in [3.05, 3.63) is 10.8 Å². The monoisotopic (exact) mass is 234 g/mol. The van der Waals surface area contributed by atoms with Crippen LogP contribution in [0.2, 0.25) is 0 Å². The molecule has 0 amide bonds. The second-order valence-electron chi connectivity index (χ2n) is 2.53. The number of halogens is 1. The van der Waals surface area contributed by atoms with E-state index in [4.69, 9.17) is 5.11 Å². The summed E-state index contributed by atoms with van der Waals surface area (Å²) in [6.45, 7) is 1.43. The Morgan fingerprint density at radius 2 is 2.50 bits per heavy atom. The number of aliphatic hydroxyl groups is 1. The summed E-state index contributed by atoms with van der Waals surface area (Å²) in [5.41, 5.74) is 0. The minimum absolute atomic E-state index is 0.159. The third kappa shape index (κ3) is 2.88. The van der Waals surface area contributed by atoms with Crippen LogP contribution in [0.1, 0.15) is 0 Å². The predicted molar refractivity (Wildman–Crippen MR) is 47.4 cm³/mol. The van der Waals surface area contributed by atoms with Crippen molar-refractivity contribution in [1.29, 1.82) is 0 Å². The zero-order chi connectivity index (χ0) is 8.97. The smallest absolute Gasteiger partial charge is 0.148 e.